The van der Waals surface area contributed by atoms with E-state index in [1.165, 1.54) is 26.9 Å². The molecule has 2 unspecified atom stereocenters. The normalized spacial score (nSPS) is 18.5. The lowest BCUT2D eigenvalue weighted by Gasteiger charge is -2.28. The predicted molar refractivity (Wildman–Crippen MR) is 95.3 cm³/mol. The predicted octanol–water partition coefficient (Wildman–Crippen LogP) is 2.62. The Morgan fingerprint density at radius 1 is 1.38 bits per heavy atom. The molecule has 1 heterocycles. The van der Waals surface area contributed by atoms with Crippen molar-refractivity contribution >= 4 is 23.2 Å². The van der Waals surface area contributed by atoms with Crippen LogP contribution in [0.3, 0.4) is 0 Å². The van der Waals surface area contributed by atoms with Crippen molar-refractivity contribution in [3.8, 4) is 5.75 Å². The first kappa shape index (κ1) is 18.3. The Balaban J connectivity index is 1.94. The minimum atomic E-state index is -0.167. The number of hydrogen-bond acceptors (Lipinski definition) is 4. The van der Waals surface area contributed by atoms with Gasteiger partial charge in [0.25, 0.3) is 0 Å². The second-order valence-corrected chi connectivity index (χ2v) is 6.43. The molecule has 0 saturated carbocycles. The summed E-state index contributed by atoms with van der Waals surface area (Å²) in [6.07, 6.45) is 2.86. The minimum Gasteiger partial charge on any atom is -0.494 e. The Labute approximate surface area is 143 Å². The number of hydrogen-bond donors (Lipinski definition) is 3. The third kappa shape index (κ3) is 5.23. The molecule has 1 aliphatic rings. The number of rotatable bonds is 6. The van der Waals surface area contributed by atoms with Crippen LogP contribution in [-0.4, -0.2) is 32.0 Å². The number of anilines is 2. The lowest BCUT2D eigenvalue weighted by Crippen LogP contribution is -2.34. The van der Waals surface area contributed by atoms with Crippen molar-refractivity contribution in [3.05, 3.63) is 18.2 Å². The maximum atomic E-state index is 12.3. The van der Waals surface area contributed by atoms with Gasteiger partial charge in [0.05, 0.1) is 12.8 Å². The summed E-state index contributed by atoms with van der Waals surface area (Å²) in [5.41, 5.74) is 1.25. The Morgan fingerprint density at radius 2 is 2.17 bits per heavy atom. The number of methoxy groups -OCH3 is 1. The van der Waals surface area contributed by atoms with Crippen LogP contribution in [0.4, 0.5) is 11.4 Å². The summed E-state index contributed by atoms with van der Waals surface area (Å²) in [6.45, 7) is 5.65. The lowest BCUT2D eigenvalue weighted by molar-refractivity contribution is -0.117. The van der Waals surface area contributed by atoms with E-state index in [1.807, 2.05) is 0 Å². The maximum Gasteiger partial charge on any atom is 0.224 e. The van der Waals surface area contributed by atoms with Crippen LogP contribution in [0.1, 0.15) is 33.1 Å². The molecule has 24 heavy (non-hydrogen) atoms. The maximum absolute atomic E-state index is 12.3. The molecule has 0 aromatic heterocycles. The van der Waals surface area contributed by atoms with Gasteiger partial charge >= 0.3 is 0 Å². The number of carbonyl (C=O) groups is 2. The highest BCUT2D eigenvalue weighted by atomic mass is 16.5. The van der Waals surface area contributed by atoms with Gasteiger partial charge in [-0.05, 0) is 49.9 Å². The van der Waals surface area contributed by atoms with Crippen LogP contribution in [0.2, 0.25) is 0 Å². The highest BCUT2D eigenvalue weighted by Crippen LogP contribution is 2.28. The van der Waals surface area contributed by atoms with Crippen molar-refractivity contribution in [2.45, 2.75) is 33.1 Å². The van der Waals surface area contributed by atoms with Gasteiger partial charge in [0.15, 0.2) is 0 Å². The van der Waals surface area contributed by atoms with Crippen molar-refractivity contribution in [3.63, 3.8) is 0 Å². The second-order valence-electron chi connectivity index (χ2n) is 6.43. The van der Waals surface area contributed by atoms with Crippen LogP contribution >= 0.6 is 0 Å². The fourth-order valence-corrected chi connectivity index (χ4v) is 3.10. The van der Waals surface area contributed by atoms with Crippen LogP contribution in [0, 0.1) is 11.8 Å². The molecule has 0 spiro atoms. The Kier molecular flexibility index (Phi) is 6.61. The summed E-state index contributed by atoms with van der Waals surface area (Å²) in [5.74, 6) is 1.26. The van der Waals surface area contributed by atoms with E-state index in [2.05, 4.69) is 22.9 Å². The lowest BCUT2D eigenvalue weighted by atomic mass is 9.85. The fraction of sp³-hybridized carbons (Fsp3) is 0.556. The summed E-state index contributed by atoms with van der Waals surface area (Å²) in [4.78, 5) is 23.5. The second kappa shape index (κ2) is 8.68. The molecule has 0 radical (unpaired) electrons. The average molecular weight is 333 g/mol. The Bertz CT molecular complexity index is 583. The van der Waals surface area contributed by atoms with Gasteiger partial charge in [0, 0.05) is 25.1 Å². The Morgan fingerprint density at radius 3 is 2.79 bits per heavy atom. The van der Waals surface area contributed by atoms with Crippen molar-refractivity contribution < 1.29 is 14.3 Å². The summed E-state index contributed by atoms with van der Waals surface area (Å²) >= 11 is 0. The van der Waals surface area contributed by atoms with E-state index in [4.69, 9.17) is 4.74 Å². The SMILES string of the molecule is COc1cc(NC(=O)CC(C)C2CCCNC2)ccc1NC(C)=O. The van der Waals surface area contributed by atoms with Gasteiger partial charge in [-0.25, -0.2) is 0 Å². The smallest absolute Gasteiger partial charge is 0.224 e. The number of carbonyl (C=O) groups excluding carboxylic acids is 2. The minimum absolute atomic E-state index is 0.00223. The van der Waals surface area contributed by atoms with Crippen LogP contribution in [0.15, 0.2) is 18.2 Å². The average Bonchev–Trinajstić information content (AvgIpc) is 2.56. The molecule has 1 saturated heterocycles. The van der Waals surface area contributed by atoms with Gasteiger partial charge in [-0.3, -0.25) is 9.59 Å². The van der Waals surface area contributed by atoms with Gasteiger partial charge in [0.1, 0.15) is 5.75 Å². The largest absolute Gasteiger partial charge is 0.494 e. The van der Waals surface area contributed by atoms with Gasteiger partial charge in [0.2, 0.25) is 11.8 Å². The molecule has 132 valence electrons. The topological polar surface area (TPSA) is 79.5 Å². The molecule has 1 aliphatic heterocycles. The molecule has 2 rings (SSSR count). The van der Waals surface area contributed by atoms with Gasteiger partial charge in [-0.1, -0.05) is 6.92 Å². The quantitative estimate of drug-likeness (QED) is 0.748. The third-order valence-corrected chi connectivity index (χ3v) is 4.44. The first-order valence-corrected chi connectivity index (χ1v) is 8.45. The van der Waals surface area contributed by atoms with Crippen molar-refractivity contribution in [1.82, 2.24) is 5.32 Å². The molecular weight excluding hydrogens is 306 g/mol. The van der Waals surface area contributed by atoms with E-state index < -0.39 is 0 Å². The summed E-state index contributed by atoms with van der Waals surface area (Å²) in [6, 6.07) is 5.21. The van der Waals surface area contributed by atoms with Gasteiger partial charge in [-0.2, -0.15) is 0 Å². The zero-order valence-electron chi connectivity index (χ0n) is 14.6. The first-order valence-electron chi connectivity index (χ1n) is 8.45. The van der Waals surface area contributed by atoms with Crippen LogP contribution in [0.5, 0.6) is 5.75 Å². The number of nitrogens with one attached hydrogen (secondary N) is 3. The molecule has 1 aromatic rings. The number of ether oxygens (including phenoxy) is 1. The summed E-state index contributed by atoms with van der Waals surface area (Å²) < 4.78 is 5.27. The van der Waals surface area contributed by atoms with Crippen LogP contribution < -0.4 is 20.7 Å². The standard InChI is InChI=1S/C18H27N3O3/c1-12(14-5-4-8-19-11-14)9-18(23)21-15-6-7-16(20-13(2)22)17(10-15)24-3/h6-7,10,12,14,19H,4-5,8-9,11H2,1-3H3,(H,20,22)(H,21,23). The van der Waals surface area contributed by atoms with Crippen LogP contribution in [-0.2, 0) is 9.59 Å². The van der Waals surface area contributed by atoms with E-state index in [0.717, 1.165) is 13.1 Å². The van der Waals surface area contributed by atoms with Crippen molar-refractivity contribution in [2.24, 2.45) is 11.8 Å². The molecule has 2 amide bonds. The number of amides is 2. The van der Waals surface area contributed by atoms with E-state index >= 15 is 0 Å². The summed E-state index contributed by atoms with van der Waals surface area (Å²) in [7, 11) is 1.53. The molecule has 6 heteroatoms. The molecule has 0 bridgehead atoms. The van der Waals surface area contributed by atoms with Gasteiger partial charge in [-0.15, -0.1) is 0 Å². The first-order chi connectivity index (χ1) is 11.5. The molecule has 1 aromatic carbocycles. The zero-order chi connectivity index (χ0) is 17.5. The molecule has 2 atom stereocenters. The molecule has 1 fully saturated rings. The third-order valence-electron chi connectivity index (χ3n) is 4.44. The van der Waals surface area contributed by atoms with E-state index in [9.17, 15) is 9.59 Å². The van der Waals surface area contributed by atoms with E-state index in [-0.39, 0.29) is 11.8 Å². The number of piperidine rings is 1. The monoisotopic (exact) mass is 333 g/mol. The molecule has 3 N–H and O–H groups in total. The van der Waals surface area contributed by atoms with E-state index in [1.54, 1.807) is 18.2 Å². The number of benzene rings is 1. The van der Waals surface area contributed by atoms with Crippen molar-refractivity contribution in [1.29, 1.82) is 0 Å². The highest BCUT2D eigenvalue weighted by molar-refractivity contribution is 5.93. The van der Waals surface area contributed by atoms with E-state index in [0.29, 0.717) is 35.4 Å². The fourth-order valence-electron chi connectivity index (χ4n) is 3.10. The molecule has 0 aliphatic carbocycles. The van der Waals surface area contributed by atoms with Crippen molar-refractivity contribution in [2.75, 3.05) is 30.8 Å². The highest BCUT2D eigenvalue weighted by Gasteiger charge is 2.22. The van der Waals surface area contributed by atoms with Crippen LogP contribution in [0.25, 0.3) is 0 Å². The molecular formula is C18H27N3O3. The Hall–Kier alpha value is -2.08. The van der Waals surface area contributed by atoms with Gasteiger partial charge < -0.3 is 20.7 Å². The summed E-state index contributed by atoms with van der Waals surface area (Å²) in [5, 5.41) is 9.00. The molecule has 6 nitrogen and oxygen atoms in total. The zero-order valence-corrected chi connectivity index (χ0v) is 14.6.